The fourth-order valence-electron chi connectivity index (χ4n) is 3.91. The van der Waals surface area contributed by atoms with Gasteiger partial charge in [0.1, 0.15) is 12.1 Å². The molecular formula is C22H25ClF3N2O3S+. The Hall–Kier alpha value is -2.10. The van der Waals surface area contributed by atoms with E-state index in [1.165, 1.54) is 18.2 Å². The average molecular weight is 490 g/mol. The molecule has 3 N–H and O–H groups in total. The highest BCUT2D eigenvalue weighted by Crippen LogP contribution is 2.36. The number of halogens is 4. The van der Waals surface area contributed by atoms with Crippen LogP contribution in [0.15, 0.2) is 47.4 Å². The molecule has 2 aromatic carbocycles. The highest BCUT2D eigenvalue weighted by molar-refractivity contribution is 7.91. The second-order valence-corrected chi connectivity index (χ2v) is 10.4. The van der Waals surface area contributed by atoms with Gasteiger partial charge in [-0.25, -0.2) is 8.42 Å². The van der Waals surface area contributed by atoms with E-state index in [0.717, 1.165) is 37.9 Å². The second kappa shape index (κ2) is 9.80. The molecule has 1 aliphatic rings. The van der Waals surface area contributed by atoms with E-state index in [9.17, 15) is 26.4 Å². The maximum Gasteiger partial charge on any atom is 0.417 e. The van der Waals surface area contributed by atoms with Crippen molar-refractivity contribution in [3.63, 3.8) is 0 Å². The van der Waals surface area contributed by atoms with Crippen LogP contribution < -0.4 is 10.6 Å². The Morgan fingerprint density at radius 3 is 2.44 bits per heavy atom. The van der Waals surface area contributed by atoms with Gasteiger partial charge in [-0.15, -0.1) is 0 Å². The van der Waals surface area contributed by atoms with E-state index < -0.39 is 38.5 Å². The van der Waals surface area contributed by atoms with Gasteiger partial charge in [-0.1, -0.05) is 36.7 Å². The van der Waals surface area contributed by atoms with E-state index in [1.54, 1.807) is 19.1 Å². The molecule has 10 heteroatoms. The maximum atomic E-state index is 13.2. The minimum Gasteiger partial charge on any atom is -0.342 e. The zero-order valence-corrected chi connectivity index (χ0v) is 19.0. The average Bonchev–Trinajstić information content (AvgIpc) is 2.77. The van der Waals surface area contributed by atoms with Crippen molar-refractivity contribution in [1.82, 2.24) is 5.32 Å². The van der Waals surface area contributed by atoms with Crippen LogP contribution in [0.5, 0.6) is 0 Å². The molecule has 0 spiro atoms. The number of sulfone groups is 1. The van der Waals surface area contributed by atoms with Crippen LogP contribution in [0, 0.1) is 0 Å². The molecule has 1 heterocycles. The van der Waals surface area contributed by atoms with Crippen LogP contribution in [0.2, 0.25) is 5.02 Å². The van der Waals surface area contributed by atoms with Crippen molar-refractivity contribution in [1.29, 1.82) is 0 Å². The van der Waals surface area contributed by atoms with Crippen LogP contribution in [0.3, 0.4) is 0 Å². The Morgan fingerprint density at radius 1 is 1.19 bits per heavy atom. The fraction of sp³-hybridized carbons (Fsp3) is 0.409. The highest BCUT2D eigenvalue weighted by Gasteiger charge is 2.36. The number of piperidine rings is 1. The summed E-state index contributed by atoms with van der Waals surface area (Å²) in [5, 5.41) is 4.29. The van der Waals surface area contributed by atoms with Crippen LogP contribution in [0.25, 0.3) is 0 Å². The lowest BCUT2D eigenvalue weighted by Gasteiger charge is -2.30. The quantitative estimate of drug-likeness (QED) is 0.648. The number of carbonyl (C=O) groups excluding carboxylic acids is 1. The van der Waals surface area contributed by atoms with Gasteiger partial charge >= 0.3 is 6.18 Å². The molecule has 1 amide bonds. The summed E-state index contributed by atoms with van der Waals surface area (Å²) in [6.45, 7) is 2.42. The smallest absolute Gasteiger partial charge is 0.342 e. The third-order valence-corrected chi connectivity index (χ3v) is 7.86. The first-order valence-corrected chi connectivity index (χ1v) is 12.4. The van der Waals surface area contributed by atoms with Gasteiger partial charge in [0.05, 0.1) is 33.3 Å². The Kier molecular flexibility index (Phi) is 7.52. The highest BCUT2D eigenvalue weighted by atomic mass is 35.5. The Balaban J connectivity index is 1.93. The number of nitrogens with two attached hydrogens (primary N) is 1. The first-order chi connectivity index (χ1) is 15.0. The lowest BCUT2D eigenvalue weighted by atomic mass is 9.92. The Labute approximate surface area is 190 Å². The van der Waals surface area contributed by atoms with Crippen LogP contribution in [0.1, 0.15) is 53.7 Å². The Bertz CT molecular complexity index is 1070. The lowest BCUT2D eigenvalue weighted by molar-refractivity contribution is -0.700. The van der Waals surface area contributed by atoms with E-state index in [-0.39, 0.29) is 22.3 Å². The molecule has 2 atom stereocenters. The van der Waals surface area contributed by atoms with Crippen LogP contribution >= 0.6 is 11.6 Å². The van der Waals surface area contributed by atoms with Gasteiger partial charge in [-0.2, -0.15) is 13.2 Å². The van der Waals surface area contributed by atoms with Crippen LogP contribution in [-0.4, -0.2) is 32.7 Å². The zero-order valence-electron chi connectivity index (χ0n) is 17.5. The van der Waals surface area contributed by atoms with E-state index in [1.807, 2.05) is 0 Å². The Morgan fingerprint density at radius 2 is 1.88 bits per heavy atom. The molecule has 1 aliphatic heterocycles. The molecule has 1 fully saturated rings. The SMILES string of the molecule is CCS(=O)(=O)c1ccc(C(NC(=O)c2cccc(C(F)(F)F)c2Cl)C2CCCC[NH2+]2)cc1. The molecule has 3 rings (SSSR count). The van der Waals surface area contributed by atoms with Crippen molar-refractivity contribution < 1.29 is 31.7 Å². The summed E-state index contributed by atoms with van der Waals surface area (Å²) in [7, 11) is -3.38. The van der Waals surface area contributed by atoms with Gasteiger partial charge in [0.25, 0.3) is 5.91 Å². The number of nitrogens with one attached hydrogen (secondary N) is 1. The molecule has 0 aliphatic carbocycles. The number of alkyl halides is 3. The number of hydrogen-bond acceptors (Lipinski definition) is 3. The number of quaternary nitrogens is 1. The van der Waals surface area contributed by atoms with Crippen LogP contribution in [0.4, 0.5) is 13.2 Å². The number of benzene rings is 2. The van der Waals surface area contributed by atoms with Crippen LogP contribution in [-0.2, 0) is 16.0 Å². The van der Waals surface area contributed by atoms with E-state index in [0.29, 0.717) is 5.56 Å². The van der Waals surface area contributed by atoms with Crippen molar-refractivity contribution >= 4 is 27.3 Å². The minimum atomic E-state index is -4.68. The molecular weight excluding hydrogens is 465 g/mol. The number of carbonyl (C=O) groups is 1. The van der Waals surface area contributed by atoms with Gasteiger partial charge < -0.3 is 10.6 Å². The molecule has 0 aromatic heterocycles. The predicted octanol–water partition coefficient (Wildman–Crippen LogP) is 3.74. The number of amides is 1. The minimum absolute atomic E-state index is 0.0308. The van der Waals surface area contributed by atoms with Gasteiger partial charge in [0, 0.05) is 6.42 Å². The standard InChI is InChI=1S/C22H24ClF3N2O3S/c1-2-32(30,31)15-11-9-14(10-12-15)20(18-8-3-4-13-27-18)28-21(29)16-6-5-7-17(19(16)23)22(24,25)26/h5-7,9-12,18,20,27H,2-4,8,13H2,1H3,(H,28,29)/p+1. The summed E-state index contributed by atoms with van der Waals surface area (Å²) >= 11 is 5.94. The third-order valence-electron chi connectivity index (χ3n) is 5.70. The lowest BCUT2D eigenvalue weighted by Crippen LogP contribution is -2.93. The maximum absolute atomic E-state index is 13.2. The van der Waals surface area contributed by atoms with Crippen molar-refractivity contribution in [2.75, 3.05) is 12.3 Å². The second-order valence-electron chi connectivity index (χ2n) is 7.77. The van der Waals surface area contributed by atoms with Gasteiger partial charge in [0.2, 0.25) is 0 Å². The molecule has 5 nitrogen and oxygen atoms in total. The third kappa shape index (κ3) is 5.44. The topological polar surface area (TPSA) is 79.8 Å². The summed E-state index contributed by atoms with van der Waals surface area (Å²) in [6.07, 6.45) is -1.88. The zero-order chi connectivity index (χ0) is 23.5. The van der Waals surface area contributed by atoms with Crippen molar-refractivity contribution in [3.05, 3.63) is 64.2 Å². The summed E-state index contributed by atoms with van der Waals surface area (Å²) in [5.74, 6) is -0.743. The molecule has 2 unspecified atom stereocenters. The van der Waals surface area contributed by atoms with Gasteiger partial charge in [-0.05, 0) is 42.7 Å². The summed E-state index contributed by atoms with van der Waals surface area (Å²) in [5.41, 5.74) is -0.645. The van der Waals surface area contributed by atoms with Gasteiger partial charge in [0.15, 0.2) is 9.84 Å². The molecule has 0 saturated carbocycles. The van der Waals surface area contributed by atoms with Crippen molar-refractivity contribution in [2.24, 2.45) is 0 Å². The van der Waals surface area contributed by atoms with E-state index >= 15 is 0 Å². The predicted molar refractivity (Wildman–Crippen MR) is 115 cm³/mol. The summed E-state index contributed by atoms with van der Waals surface area (Å²) in [4.78, 5) is 13.2. The molecule has 0 radical (unpaired) electrons. The van der Waals surface area contributed by atoms with Crippen molar-refractivity contribution in [3.8, 4) is 0 Å². The number of rotatable bonds is 6. The molecule has 1 saturated heterocycles. The fourth-order valence-corrected chi connectivity index (χ4v) is 5.11. The van der Waals surface area contributed by atoms with Crippen molar-refractivity contribution in [2.45, 2.75) is 49.3 Å². The first-order valence-electron chi connectivity index (χ1n) is 10.4. The molecule has 2 aromatic rings. The van der Waals surface area contributed by atoms with Gasteiger partial charge in [-0.3, -0.25) is 4.79 Å². The molecule has 32 heavy (non-hydrogen) atoms. The first kappa shape index (κ1) is 24.5. The number of hydrogen-bond donors (Lipinski definition) is 2. The molecule has 0 bridgehead atoms. The molecule has 174 valence electrons. The van der Waals surface area contributed by atoms with E-state index in [2.05, 4.69) is 10.6 Å². The largest absolute Gasteiger partial charge is 0.417 e. The normalized spacial score (nSPS) is 18.2. The summed E-state index contributed by atoms with van der Waals surface area (Å²) in [6, 6.07) is 8.95. The summed E-state index contributed by atoms with van der Waals surface area (Å²) < 4.78 is 63.8. The monoisotopic (exact) mass is 489 g/mol. The van der Waals surface area contributed by atoms with E-state index in [4.69, 9.17) is 11.6 Å².